The molecule has 0 spiro atoms. The minimum atomic E-state index is -3.93. The van der Waals surface area contributed by atoms with Crippen molar-refractivity contribution in [2.24, 2.45) is 0 Å². The molecule has 0 unspecified atom stereocenters. The number of piperazine rings is 1. The average molecular weight is 426 g/mol. The summed E-state index contributed by atoms with van der Waals surface area (Å²) in [5, 5.41) is 11.9. The van der Waals surface area contributed by atoms with E-state index in [1.54, 1.807) is 11.8 Å². The van der Waals surface area contributed by atoms with E-state index in [0.29, 0.717) is 4.88 Å². The summed E-state index contributed by atoms with van der Waals surface area (Å²) >= 11 is 1.29. The van der Waals surface area contributed by atoms with Crippen LogP contribution in [0.15, 0.2) is 29.3 Å². The van der Waals surface area contributed by atoms with E-state index >= 15 is 0 Å². The highest BCUT2D eigenvalue weighted by molar-refractivity contribution is 7.89. The van der Waals surface area contributed by atoms with Gasteiger partial charge in [-0.2, -0.15) is 4.31 Å². The van der Waals surface area contributed by atoms with Gasteiger partial charge in [0.1, 0.15) is 4.88 Å². The lowest BCUT2D eigenvalue weighted by Gasteiger charge is -2.33. The first-order chi connectivity index (χ1) is 13.2. The molecule has 3 rings (SSSR count). The van der Waals surface area contributed by atoms with Gasteiger partial charge in [0.25, 0.3) is 5.91 Å². The van der Waals surface area contributed by atoms with E-state index in [2.05, 4.69) is 4.98 Å². The number of carbonyl (C=O) groups is 1. The molecular formula is C16H18N4O6S2. The van der Waals surface area contributed by atoms with Crippen molar-refractivity contribution in [3.63, 3.8) is 0 Å². The van der Waals surface area contributed by atoms with Crippen LogP contribution >= 0.6 is 11.3 Å². The first kappa shape index (κ1) is 20.2. The van der Waals surface area contributed by atoms with Crippen LogP contribution in [-0.4, -0.2) is 66.7 Å². The first-order valence-corrected chi connectivity index (χ1v) is 10.5. The number of aryl methyl sites for hydroxylation is 1. The normalized spacial score (nSPS) is 15.4. The smallest absolute Gasteiger partial charge is 0.312 e. The second kappa shape index (κ2) is 7.81. The number of sulfonamides is 1. The van der Waals surface area contributed by atoms with Crippen molar-refractivity contribution in [2.75, 3.05) is 33.3 Å². The third-order valence-corrected chi connectivity index (χ3v) is 7.14. The molecule has 1 saturated heterocycles. The Kier molecular flexibility index (Phi) is 5.63. The summed E-state index contributed by atoms with van der Waals surface area (Å²) in [6.07, 6.45) is 1.52. The van der Waals surface area contributed by atoms with Crippen LogP contribution in [0.5, 0.6) is 5.75 Å². The highest BCUT2D eigenvalue weighted by Gasteiger charge is 2.32. The van der Waals surface area contributed by atoms with Gasteiger partial charge in [0, 0.05) is 32.2 Å². The van der Waals surface area contributed by atoms with Gasteiger partial charge in [0.05, 0.1) is 28.1 Å². The molecule has 0 atom stereocenters. The molecule has 0 bridgehead atoms. The fourth-order valence-corrected chi connectivity index (χ4v) is 5.06. The molecule has 2 heterocycles. The number of hydrogen-bond donors (Lipinski definition) is 0. The molecule has 0 N–H and O–H groups in total. The number of carbonyl (C=O) groups excluding carboxylic acids is 1. The second-order valence-corrected chi connectivity index (χ2v) is 9.20. The maximum atomic E-state index is 12.9. The number of aromatic nitrogens is 1. The van der Waals surface area contributed by atoms with E-state index in [4.69, 9.17) is 4.74 Å². The Bertz CT molecular complexity index is 1010. The zero-order valence-corrected chi connectivity index (χ0v) is 16.8. The summed E-state index contributed by atoms with van der Waals surface area (Å²) in [4.78, 5) is 28.9. The number of benzene rings is 1. The summed E-state index contributed by atoms with van der Waals surface area (Å²) in [7, 11) is -2.65. The number of rotatable bonds is 5. The van der Waals surface area contributed by atoms with E-state index in [-0.39, 0.29) is 42.7 Å². The van der Waals surface area contributed by atoms with Crippen molar-refractivity contribution in [1.82, 2.24) is 14.2 Å². The van der Waals surface area contributed by atoms with Gasteiger partial charge in [-0.15, -0.1) is 11.3 Å². The standard InChI is InChI=1S/C16H18N4O6S2/c1-11-17-10-15(27-11)16(21)18-5-7-19(8-6-18)28(24,25)12-3-4-14(26-2)13(9-12)20(22)23/h3-4,9-10H,5-8H2,1-2H3. The van der Waals surface area contributed by atoms with Gasteiger partial charge in [-0.3, -0.25) is 14.9 Å². The summed E-state index contributed by atoms with van der Waals surface area (Å²) in [6, 6.07) is 3.53. The second-order valence-electron chi connectivity index (χ2n) is 6.03. The number of thiazole rings is 1. The van der Waals surface area contributed by atoms with Crippen molar-refractivity contribution in [2.45, 2.75) is 11.8 Å². The fraction of sp³-hybridized carbons (Fsp3) is 0.375. The fourth-order valence-electron chi connectivity index (χ4n) is 2.87. The molecule has 10 nitrogen and oxygen atoms in total. The Labute approximate surface area is 165 Å². The molecule has 1 aliphatic rings. The lowest BCUT2D eigenvalue weighted by atomic mass is 10.3. The number of amides is 1. The molecule has 28 heavy (non-hydrogen) atoms. The molecule has 2 aromatic rings. The van der Waals surface area contributed by atoms with E-state index < -0.39 is 20.6 Å². The van der Waals surface area contributed by atoms with Crippen LogP contribution in [0.1, 0.15) is 14.7 Å². The van der Waals surface area contributed by atoms with Crippen LogP contribution in [0.4, 0.5) is 5.69 Å². The van der Waals surface area contributed by atoms with Gasteiger partial charge < -0.3 is 9.64 Å². The Balaban J connectivity index is 1.75. The number of nitro groups is 1. The summed E-state index contributed by atoms with van der Waals surface area (Å²) in [5.41, 5.74) is -0.419. The Morgan fingerprint density at radius 3 is 2.50 bits per heavy atom. The maximum absolute atomic E-state index is 12.9. The average Bonchev–Trinajstić information content (AvgIpc) is 3.13. The summed E-state index contributed by atoms with van der Waals surface area (Å²) < 4.78 is 31.9. The van der Waals surface area contributed by atoms with Crippen LogP contribution in [-0.2, 0) is 10.0 Å². The summed E-state index contributed by atoms with van der Waals surface area (Å²) in [5.74, 6) is -0.193. The molecule has 1 aromatic carbocycles. The third-order valence-electron chi connectivity index (χ3n) is 4.34. The lowest BCUT2D eigenvalue weighted by molar-refractivity contribution is -0.386. The number of methoxy groups -OCH3 is 1. The van der Waals surface area contributed by atoms with Crippen molar-refractivity contribution in [3.8, 4) is 5.75 Å². The van der Waals surface area contributed by atoms with E-state index in [9.17, 15) is 23.3 Å². The van der Waals surface area contributed by atoms with Crippen molar-refractivity contribution in [1.29, 1.82) is 0 Å². The van der Waals surface area contributed by atoms with Gasteiger partial charge in [-0.1, -0.05) is 0 Å². The van der Waals surface area contributed by atoms with Crippen molar-refractivity contribution >= 4 is 33.0 Å². The van der Waals surface area contributed by atoms with Gasteiger partial charge in [-0.25, -0.2) is 13.4 Å². The molecule has 0 radical (unpaired) electrons. The molecular weight excluding hydrogens is 408 g/mol. The molecule has 1 fully saturated rings. The van der Waals surface area contributed by atoms with Crippen LogP contribution in [0.25, 0.3) is 0 Å². The number of nitrogens with zero attached hydrogens (tertiary/aromatic N) is 4. The largest absolute Gasteiger partial charge is 0.490 e. The quantitative estimate of drug-likeness (QED) is 0.524. The van der Waals surface area contributed by atoms with E-state index in [0.717, 1.165) is 11.1 Å². The van der Waals surface area contributed by atoms with Gasteiger partial charge in [0.2, 0.25) is 10.0 Å². The zero-order chi connectivity index (χ0) is 20.5. The summed E-state index contributed by atoms with van der Waals surface area (Å²) in [6.45, 7) is 2.47. The Hall–Kier alpha value is -2.57. The van der Waals surface area contributed by atoms with E-state index in [1.165, 1.54) is 41.1 Å². The molecule has 0 saturated carbocycles. The SMILES string of the molecule is COc1ccc(S(=O)(=O)N2CCN(C(=O)c3cnc(C)s3)CC2)cc1[N+](=O)[O-]. The molecule has 1 aliphatic heterocycles. The number of ether oxygens (including phenoxy) is 1. The minimum Gasteiger partial charge on any atom is -0.490 e. The third kappa shape index (κ3) is 3.84. The minimum absolute atomic E-state index is 0.0146. The predicted octanol–water partition coefficient (Wildman–Crippen LogP) is 1.52. The van der Waals surface area contributed by atoms with Gasteiger partial charge >= 0.3 is 5.69 Å². The number of hydrogen-bond acceptors (Lipinski definition) is 8. The van der Waals surface area contributed by atoms with E-state index in [1.807, 2.05) is 0 Å². The predicted molar refractivity (Wildman–Crippen MR) is 101 cm³/mol. The molecule has 150 valence electrons. The lowest BCUT2D eigenvalue weighted by Crippen LogP contribution is -2.50. The monoisotopic (exact) mass is 426 g/mol. The maximum Gasteiger partial charge on any atom is 0.312 e. The highest BCUT2D eigenvalue weighted by atomic mass is 32.2. The first-order valence-electron chi connectivity index (χ1n) is 8.28. The molecule has 1 amide bonds. The number of nitro benzene ring substituents is 1. The zero-order valence-electron chi connectivity index (χ0n) is 15.2. The highest BCUT2D eigenvalue weighted by Crippen LogP contribution is 2.31. The Morgan fingerprint density at radius 2 is 1.96 bits per heavy atom. The van der Waals surface area contributed by atoms with Crippen LogP contribution < -0.4 is 4.74 Å². The van der Waals surface area contributed by atoms with Crippen LogP contribution in [0.2, 0.25) is 0 Å². The molecule has 0 aliphatic carbocycles. The van der Waals surface area contributed by atoms with Crippen molar-refractivity contribution in [3.05, 3.63) is 44.4 Å². The van der Waals surface area contributed by atoms with Crippen molar-refractivity contribution < 1.29 is 22.9 Å². The topological polar surface area (TPSA) is 123 Å². The van der Waals surface area contributed by atoms with Crippen LogP contribution in [0, 0.1) is 17.0 Å². The van der Waals surface area contributed by atoms with Gasteiger partial charge in [0.15, 0.2) is 5.75 Å². The van der Waals surface area contributed by atoms with Gasteiger partial charge in [-0.05, 0) is 19.1 Å². The van der Waals surface area contributed by atoms with Crippen LogP contribution in [0.3, 0.4) is 0 Å². The molecule has 1 aromatic heterocycles. The molecule has 12 heteroatoms. The Morgan fingerprint density at radius 1 is 1.29 bits per heavy atom.